The lowest BCUT2D eigenvalue weighted by molar-refractivity contribution is 0.413. The van der Waals surface area contributed by atoms with E-state index in [-0.39, 0.29) is 0 Å². The van der Waals surface area contributed by atoms with Gasteiger partial charge in [0.15, 0.2) is 0 Å². The number of methoxy groups -OCH3 is 1. The van der Waals surface area contributed by atoms with E-state index in [1.54, 1.807) is 13.2 Å². The summed E-state index contributed by atoms with van der Waals surface area (Å²) in [5.74, 6) is 1.03. The van der Waals surface area contributed by atoms with Gasteiger partial charge < -0.3 is 10.5 Å². The smallest absolute Gasteiger partial charge is 0.206 e. The normalized spacial score (nSPS) is 10.5. The van der Waals surface area contributed by atoms with Crippen molar-refractivity contribution in [1.29, 1.82) is 5.26 Å². The molecule has 21 heavy (non-hydrogen) atoms. The maximum atomic E-state index is 9.19. The molecule has 0 aliphatic carbocycles. The zero-order chi connectivity index (χ0) is 15.0. The molecule has 5 nitrogen and oxygen atoms in total. The molecule has 104 valence electrons. The number of hydrogen-bond donors (Lipinski definition) is 1. The molecule has 5 heteroatoms. The Kier molecular flexibility index (Phi) is 2.99. The topological polar surface area (TPSA) is 76.9 Å². The van der Waals surface area contributed by atoms with Crippen molar-refractivity contribution in [2.45, 2.75) is 6.92 Å². The van der Waals surface area contributed by atoms with Gasteiger partial charge in [0.25, 0.3) is 0 Å². The third-order valence-electron chi connectivity index (χ3n) is 3.41. The molecular weight excluding hydrogens is 264 g/mol. The lowest BCUT2D eigenvalue weighted by Crippen LogP contribution is -2.03. The van der Waals surface area contributed by atoms with Crippen LogP contribution in [0.15, 0.2) is 36.4 Å². The summed E-state index contributed by atoms with van der Waals surface area (Å²) in [5.41, 5.74) is 9.86. The highest BCUT2D eigenvalue weighted by molar-refractivity contribution is 5.86. The largest absolute Gasteiger partial charge is 0.495 e. The van der Waals surface area contributed by atoms with Crippen LogP contribution < -0.4 is 10.5 Å². The van der Waals surface area contributed by atoms with Gasteiger partial charge in [0.2, 0.25) is 5.95 Å². The van der Waals surface area contributed by atoms with Crippen LogP contribution in [0, 0.1) is 18.3 Å². The van der Waals surface area contributed by atoms with Crippen molar-refractivity contribution in [2.75, 3.05) is 12.8 Å². The number of nitrogens with two attached hydrogens (primary N) is 1. The fourth-order valence-electron chi connectivity index (χ4n) is 2.44. The number of ether oxygens (including phenoxy) is 1. The molecule has 0 bridgehead atoms. The number of benzene rings is 2. The van der Waals surface area contributed by atoms with Gasteiger partial charge in [-0.1, -0.05) is 12.1 Å². The average Bonchev–Trinajstić information content (AvgIpc) is 2.82. The van der Waals surface area contributed by atoms with Crippen LogP contribution in [0.4, 0.5) is 5.95 Å². The van der Waals surface area contributed by atoms with E-state index in [4.69, 9.17) is 10.5 Å². The van der Waals surface area contributed by atoms with Crippen LogP contribution in [0.5, 0.6) is 5.75 Å². The lowest BCUT2D eigenvalue weighted by atomic mass is 10.1. The van der Waals surface area contributed by atoms with E-state index in [9.17, 15) is 5.26 Å². The van der Waals surface area contributed by atoms with E-state index in [0.717, 1.165) is 16.8 Å². The van der Waals surface area contributed by atoms with E-state index in [1.165, 1.54) is 0 Å². The average molecular weight is 278 g/mol. The predicted molar refractivity (Wildman–Crippen MR) is 81.5 cm³/mol. The van der Waals surface area contributed by atoms with E-state index >= 15 is 0 Å². The Morgan fingerprint density at radius 2 is 2.10 bits per heavy atom. The molecule has 0 saturated heterocycles. The molecule has 0 fully saturated rings. The van der Waals surface area contributed by atoms with E-state index in [2.05, 4.69) is 11.1 Å². The van der Waals surface area contributed by atoms with Crippen molar-refractivity contribution >= 4 is 17.0 Å². The predicted octanol–water partition coefficient (Wildman–Crippen LogP) is 2.80. The van der Waals surface area contributed by atoms with Crippen LogP contribution in [0.25, 0.3) is 16.7 Å². The van der Waals surface area contributed by atoms with Crippen LogP contribution in [-0.2, 0) is 0 Å². The quantitative estimate of drug-likeness (QED) is 0.782. The van der Waals surface area contributed by atoms with E-state index in [1.807, 2.05) is 41.8 Å². The molecule has 2 aromatic carbocycles. The highest BCUT2D eigenvalue weighted by Crippen LogP contribution is 2.31. The molecule has 3 rings (SSSR count). The maximum Gasteiger partial charge on any atom is 0.206 e. The second kappa shape index (κ2) is 4.84. The lowest BCUT2D eigenvalue weighted by Gasteiger charge is -2.12. The molecule has 3 aromatic rings. The fourth-order valence-corrected chi connectivity index (χ4v) is 2.44. The van der Waals surface area contributed by atoms with E-state index < -0.39 is 0 Å². The van der Waals surface area contributed by atoms with Gasteiger partial charge in [0.1, 0.15) is 17.3 Å². The zero-order valence-corrected chi connectivity index (χ0v) is 11.8. The third-order valence-corrected chi connectivity index (χ3v) is 3.41. The molecule has 0 spiro atoms. The zero-order valence-electron chi connectivity index (χ0n) is 11.8. The maximum absolute atomic E-state index is 9.19. The third kappa shape index (κ3) is 1.98. The number of para-hydroxylation sites is 1. The first-order chi connectivity index (χ1) is 10.2. The van der Waals surface area contributed by atoms with Gasteiger partial charge in [0, 0.05) is 0 Å². The fraction of sp³-hybridized carbons (Fsp3) is 0.125. The van der Waals surface area contributed by atoms with Gasteiger partial charge in [-0.3, -0.25) is 4.57 Å². The SMILES string of the molecule is COc1ccc(C)cc1-n1c(N)nc2c(C#N)cccc21. The van der Waals surface area contributed by atoms with Crippen molar-refractivity contribution < 1.29 is 4.74 Å². The van der Waals surface area contributed by atoms with Crippen LogP contribution in [-0.4, -0.2) is 16.7 Å². The van der Waals surface area contributed by atoms with Gasteiger partial charge in [-0.25, -0.2) is 4.98 Å². The van der Waals surface area contributed by atoms with Crippen molar-refractivity contribution in [3.05, 3.63) is 47.5 Å². The van der Waals surface area contributed by atoms with Gasteiger partial charge in [0.05, 0.1) is 23.9 Å². The number of aryl methyl sites for hydroxylation is 1. The summed E-state index contributed by atoms with van der Waals surface area (Å²) in [6.07, 6.45) is 0. The molecule has 0 aliphatic rings. The molecule has 1 aromatic heterocycles. The van der Waals surface area contributed by atoms with Gasteiger partial charge in [-0.15, -0.1) is 0 Å². The molecule has 0 amide bonds. The van der Waals surface area contributed by atoms with Crippen molar-refractivity contribution in [3.63, 3.8) is 0 Å². The number of anilines is 1. The van der Waals surface area contributed by atoms with Crippen molar-refractivity contribution in [1.82, 2.24) is 9.55 Å². The van der Waals surface area contributed by atoms with Crippen molar-refractivity contribution in [3.8, 4) is 17.5 Å². The van der Waals surface area contributed by atoms with Crippen LogP contribution in [0.1, 0.15) is 11.1 Å². The molecule has 0 unspecified atom stereocenters. The standard InChI is InChI=1S/C16H14N4O/c1-10-6-7-14(21-2)13(8-10)20-12-5-3-4-11(9-17)15(12)19-16(20)18/h3-8H,1-2H3,(H2,18,19). The molecule has 0 saturated carbocycles. The summed E-state index contributed by atoms with van der Waals surface area (Å²) in [6, 6.07) is 13.4. The number of nitrogen functional groups attached to an aromatic ring is 1. The van der Waals surface area contributed by atoms with Crippen LogP contribution in [0.3, 0.4) is 0 Å². The first-order valence-corrected chi connectivity index (χ1v) is 6.47. The number of nitriles is 1. The summed E-state index contributed by atoms with van der Waals surface area (Å²) >= 11 is 0. The monoisotopic (exact) mass is 278 g/mol. The Labute approximate surface area is 122 Å². The van der Waals surface area contributed by atoms with Gasteiger partial charge in [-0.2, -0.15) is 5.26 Å². The Hall–Kier alpha value is -3.00. The highest BCUT2D eigenvalue weighted by atomic mass is 16.5. The number of fused-ring (bicyclic) bond motifs is 1. The Morgan fingerprint density at radius 3 is 2.81 bits per heavy atom. The second-order valence-electron chi connectivity index (χ2n) is 4.77. The molecule has 0 radical (unpaired) electrons. The number of hydrogen-bond acceptors (Lipinski definition) is 4. The van der Waals surface area contributed by atoms with Gasteiger partial charge >= 0.3 is 0 Å². The number of rotatable bonds is 2. The molecule has 2 N–H and O–H groups in total. The highest BCUT2D eigenvalue weighted by Gasteiger charge is 2.16. The first kappa shape index (κ1) is 13.0. The number of imidazole rings is 1. The summed E-state index contributed by atoms with van der Waals surface area (Å²) in [4.78, 5) is 4.33. The molecule has 0 aliphatic heterocycles. The van der Waals surface area contributed by atoms with E-state index in [0.29, 0.717) is 22.8 Å². The molecule has 0 atom stereocenters. The summed E-state index contributed by atoms with van der Waals surface area (Å²) in [5, 5.41) is 9.19. The summed E-state index contributed by atoms with van der Waals surface area (Å²) < 4.78 is 7.22. The summed E-state index contributed by atoms with van der Waals surface area (Å²) in [6.45, 7) is 2.00. The van der Waals surface area contributed by atoms with Gasteiger partial charge in [-0.05, 0) is 36.8 Å². The molecular formula is C16H14N4O. The van der Waals surface area contributed by atoms with Crippen LogP contribution >= 0.6 is 0 Å². The minimum absolute atomic E-state index is 0.330. The first-order valence-electron chi connectivity index (χ1n) is 6.47. The minimum Gasteiger partial charge on any atom is -0.495 e. The number of nitrogens with zero attached hydrogens (tertiary/aromatic N) is 3. The Balaban J connectivity index is 2.39. The second-order valence-corrected chi connectivity index (χ2v) is 4.77. The Morgan fingerprint density at radius 1 is 1.29 bits per heavy atom. The molecule has 1 heterocycles. The number of aromatic nitrogens is 2. The Bertz CT molecular complexity index is 874. The minimum atomic E-state index is 0.330. The van der Waals surface area contributed by atoms with Crippen LogP contribution in [0.2, 0.25) is 0 Å². The summed E-state index contributed by atoms with van der Waals surface area (Å²) in [7, 11) is 1.62. The van der Waals surface area contributed by atoms with Crippen molar-refractivity contribution in [2.24, 2.45) is 0 Å².